The number of nitrogens with zero attached hydrogens (tertiary/aromatic N) is 2. The van der Waals surface area contributed by atoms with Gasteiger partial charge in [0.25, 0.3) is 0 Å². The number of rotatable bonds is 7. The van der Waals surface area contributed by atoms with Gasteiger partial charge in [0.2, 0.25) is 0 Å². The molecule has 3 aromatic rings. The highest BCUT2D eigenvalue weighted by Crippen LogP contribution is 2.37. The topological polar surface area (TPSA) is 50.0 Å². The standard InChI is InChI=1S/C22H23N3OS/c1-3-12-25-21-11-8-17(26-2)13-19(21)20(14-23)22(25)15-4-6-16(7-5-15)24-27-18-9-10-18/h4-8,11,13,18,24H,3,9-10,12H2,1-2H3. The summed E-state index contributed by atoms with van der Waals surface area (Å²) in [5.74, 6) is 0.774. The number of hydrogen-bond acceptors (Lipinski definition) is 4. The quantitative estimate of drug-likeness (QED) is 0.527. The van der Waals surface area contributed by atoms with E-state index in [1.54, 1.807) is 19.1 Å². The van der Waals surface area contributed by atoms with E-state index in [1.165, 1.54) is 12.8 Å². The molecule has 0 atom stereocenters. The van der Waals surface area contributed by atoms with E-state index < -0.39 is 0 Å². The number of aromatic nitrogens is 1. The molecule has 0 saturated heterocycles. The molecule has 2 aromatic carbocycles. The molecular formula is C22H23N3OS. The fraction of sp³-hybridized carbons (Fsp3) is 0.318. The average molecular weight is 378 g/mol. The minimum Gasteiger partial charge on any atom is -0.497 e. The van der Waals surface area contributed by atoms with Gasteiger partial charge in [-0.3, -0.25) is 0 Å². The van der Waals surface area contributed by atoms with Crippen LogP contribution >= 0.6 is 11.9 Å². The van der Waals surface area contributed by atoms with Crippen LogP contribution < -0.4 is 9.46 Å². The number of methoxy groups -OCH3 is 1. The highest BCUT2D eigenvalue weighted by atomic mass is 32.2. The summed E-state index contributed by atoms with van der Waals surface area (Å²) in [5, 5.41) is 11.6. The van der Waals surface area contributed by atoms with Gasteiger partial charge in [0, 0.05) is 22.9 Å². The number of anilines is 1. The number of hydrogen-bond donors (Lipinski definition) is 1. The summed E-state index contributed by atoms with van der Waals surface area (Å²) in [5.41, 5.74) is 4.95. The van der Waals surface area contributed by atoms with E-state index in [-0.39, 0.29) is 0 Å². The van der Waals surface area contributed by atoms with E-state index in [0.29, 0.717) is 5.56 Å². The molecular weight excluding hydrogens is 354 g/mol. The average Bonchev–Trinajstić information content (AvgIpc) is 3.49. The van der Waals surface area contributed by atoms with Gasteiger partial charge >= 0.3 is 0 Å². The van der Waals surface area contributed by atoms with Crippen molar-refractivity contribution in [2.75, 3.05) is 11.8 Å². The van der Waals surface area contributed by atoms with Crippen LogP contribution in [0.15, 0.2) is 42.5 Å². The van der Waals surface area contributed by atoms with Crippen molar-refractivity contribution in [1.29, 1.82) is 5.26 Å². The van der Waals surface area contributed by atoms with Crippen molar-refractivity contribution in [3.05, 3.63) is 48.0 Å². The van der Waals surface area contributed by atoms with Crippen LogP contribution in [-0.4, -0.2) is 16.9 Å². The molecule has 4 nitrogen and oxygen atoms in total. The Morgan fingerprint density at radius 3 is 2.63 bits per heavy atom. The normalized spacial score (nSPS) is 13.5. The van der Waals surface area contributed by atoms with Gasteiger partial charge in [-0.2, -0.15) is 5.26 Å². The SMILES string of the molecule is CCCn1c(-c2ccc(NSC3CC3)cc2)c(C#N)c2cc(OC)ccc21. The van der Waals surface area contributed by atoms with Gasteiger partial charge in [0.15, 0.2) is 0 Å². The van der Waals surface area contributed by atoms with E-state index in [0.717, 1.165) is 51.8 Å². The second kappa shape index (κ2) is 7.58. The lowest BCUT2D eigenvalue weighted by atomic mass is 10.1. The van der Waals surface area contributed by atoms with E-state index in [9.17, 15) is 5.26 Å². The van der Waals surface area contributed by atoms with Gasteiger partial charge in [-0.1, -0.05) is 19.1 Å². The maximum atomic E-state index is 9.91. The van der Waals surface area contributed by atoms with Crippen molar-refractivity contribution in [3.8, 4) is 23.1 Å². The zero-order valence-electron chi connectivity index (χ0n) is 15.7. The van der Waals surface area contributed by atoms with E-state index in [4.69, 9.17) is 4.74 Å². The van der Waals surface area contributed by atoms with Gasteiger partial charge in [-0.15, -0.1) is 0 Å². The number of aryl methyl sites for hydroxylation is 1. The second-order valence-electron chi connectivity index (χ2n) is 6.87. The van der Waals surface area contributed by atoms with Crippen LogP contribution in [0.1, 0.15) is 31.7 Å². The first-order valence-electron chi connectivity index (χ1n) is 9.37. The molecule has 0 radical (unpaired) electrons. The van der Waals surface area contributed by atoms with Crippen molar-refractivity contribution in [3.63, 3.8) is 0 Å². The zero-order valence-corrected chi connectivity index (χ0v) is 16.5. The van der Waals surface area contributed by atoms with Crippen LogP contribution in [0, 0.1) is 11.3 Å². The minimum absolute atomic E-state index is 0.713. The zero-order chi connectivity index (χ0) is 18.8. The molecule has 1 aliphatic rings. The Morgan fingerprint density at radius 1 is 1.22 bits per heavy atom. The monoisotopic (exact) mass is 377 g/mol. The van der Waals surface area contributed by atoms with Gasteiger partial charge in [0.05, 0.1) is 23.9 Å². The maximum absolute atomic E-state index is 9.91. The Kier molecular flexibility index (Phi) is 5.00. The molecule has 1 aromatic heterocycles. The highest BCUT2D eigenvalue weighted by Gasteiger charge is 2.22. The molecule has 0 amide bonds. The minimum atomic E-state index is 0.713. The first-order chi connectivity index (χ1) is 13.2. The number of ether oxygens (including phenoxy) is 1. The van der Waals surface area contributed by atoms with Crippen LogP contribution in [0.5, 0.6) is 5.75 Å². The fourth-order valence-electron chi connectivity index (χ4n) is 3.36. The molecule has 4 rings (SSSR count). The molecule has 1 saturated carbocycles. The molecule has 27 heavy (non-hydrogen) atoms. The largest absolute Gasteiger partial charge is 0.497 e. The predicted octanol–water partition coefficient (Wildman–Crippen LogP) is 5.82. The summed E-state index contributed by atoms with van der Waals surface area (Å²) < 4.78 is 11.1. The highest BCUT2D eigenvalue weighted by molar-refractivity contribution is 8.01. The van der Waals surface area contributed by atoms with Gasteiger partial charge in [-0.25, -0.2) is 0 Å². The lowest BCUT2D eigenvalue weighted by Gasteiger charge is -2.11. The maximum Gasteiger partial charge on any atom is 0.119 e. The van der Waals surface area contributed by atoms with E-state index in [1.807, 2.05) is 12.1 Å². The van der Waals surface area contributed by atoms with E-state index >= 15 is 0 Å². The fourth-order valence-corrected chi connectivity index (χ4v) is 4.17. The Bertz CT molecular complexity index is 997. The predicted molar refractivity (Wildman–Crippen MR) is 113 cm³/mol. The Balaban J connectivity index is 1.79. The van der Waals surface area contributed by atoms with Gasteiger partial charge in [0.1, 0.15) is 11.8 Å². The van der Waals surface area contributed by atoms with E-state index in [2.05, 4.69) is 52.6 Å². The number of benzene rings is 2. The number of nitriles is 1. The lowest BCUT2D eigenvalue weighted by Crippen LogP contribution is -2.00. The smallest absolute Gasteiger partial charge is 0.119 e. The summed E-state index contributed by atoms with van der Waals surface area (Å²) in [4.78, 5) is 0. The van der Waals surface area contributed by atoms with Crippen LogP contribution in [0.2, 0.25) is 0 Å². The van der Waals surface area contributed by atoms with Crippen molar-refractivity contribution in [1.82, 2.24) is 4.57 Å². The first kappa shape index (κ1) is 17.8. The summed E-state index contributed by atoms with van der Waals surface area (Å²) >= 11 is 1.80. The summed E-state index contributed by atoms with van der Waals surface area (Å²) in [6.07, 6.45) is 3.62. The molecule has 1 aliphatic carbocycles. The molecule has 0 spiro atoms. The summed E-state index contributed by atoms with van der Waals surface area (Å²) in [7, 11) is 1.66. The lowest BCUT2D eigenvalue weighted by molar-refractivity contribution is 0.415. The van der Waals surface area contributed by atoms with Crippen molar-refractivity contribution >= 4 is 28.5 Å². The number of fused-ring (bicyclic) bond motifs is 1. The molecule has 1 fully saturated rings. The molecule has 5 heteroatoms. The Hall–Kier alpha value is -2.58. The van der Waals surface area contributed by atoms with Crippen LogP contribution in [0.4, 0.5) is 5.69 Å². The second-order valence-corrected chi connectivity index (χ2v) is 7.97. The first-order valence-corrected chi connectivity index (χ1v) is 10.3. The molecule has 0 unspecified atom stereocenters. The van der Waals surface area contributed by atoms with Crippen LogP contribution in [-0.2, 0) is 6.54 Å². The Labute approximate surface area is 164 Å². The van der Waals surface area contributed by atoms with Gasteiger partial charge in [-0.05, 0) is 67.1 Å². The Morgan fingerprint density at radius 2 is 2.00 bits per heavy atom. The van der Waals surface area contributed by atoms with Crippen molar-refractivity contribution < 1.29 is 4.74 Å². The third kappa shape index (κ3) is 3.50. The molecule has 1 N–H and O–H groups in total. The summed E-state index contributed by atoms with van der Waals surface area (Å²) in [6.45, 7) is 3.03. The van der Waals surface area contributed by atoms with Crippen LogP contribution in [0.25, 0.3) is 22.2 Å². The summed E-state index contributed by atoms with van der Waals surface area (Å²) in [6, 6.07) is 16.8. The number of nitrogens with one attached hydrogen (secondary N) is 1. The molecule has 1 heterocycles. The third-order valence-corrected chi connectivity index (χ3v) is 6.01. The molecule has 0 bridgehead atoms. The van der Waals surface area contributed by atoms with Crippen molar-refractivity contribution in [2.45, 2.75) is 38.0 Å². The van der Waals surface area contributed by atoms with Crippen molar-refractivity contribution in [2.24, 2.45) is 0 Å². The molecule has 0 aliphatic heterocycles. The molecule has 138 valence electrons. The third-order valence-electron chi connectivity index (χ3n) is 4.86. The van der Waals surface area contributed by atoms with Crippen LogP contribution in [0.3, 0.4) is 0 Å². The van der Waals surface area contributed by atoms with Gasteiger partial charge < -0.3 is 14.0 Å².